The highest BCUT2D eigenvalue weighted by atomic mass is 14.3. The Morgan fingerprint density at radius 3 is 0.923 bits per heavy atom. The molecule has 286 valence electrons. The molecule has 1 saturated carbocycles. The fraction of sp³-hybridized carbons (Fsp3) is 0.538. The van der Waals surface area contributed by atoms with Crippen LogP contribution in [0.4, 0.5) is 0 Å². The van der Waals surface area contributed by atoms with E-state index in [9.17, 15) is 0 Å². The molecule has 0 spiro atoms. The Balaban J connectivity index is 0.000000452. The first-order chi connectivity index (χ1) is 25.0. The number of aryl methyl sites for hydroxylation is 4. The number of benzene rings is 4. The van der Waals surface area contributed by atoms with Gasteiger partial charge in [-0.25, -0.2) is 0 Å². The van der Waals surface area contributed by atoms with Crippen LogP contribution in [0, 0.1) is 44.4 Å². The maximum absolute atomic E-state index is 2.38. The van der Waals surface area contributed by atoms with Crippen LogP contribution >= 0.6 is 0 Å². The van der Waals surface area contributed by atoms with E-state index in [4.69, 9.17) is 0 Å². The van der Waals surface area contributed by atoms with E-state index >= 15 is 0 Å². The lowest BCUT2D eigenvalue weighted by molar-refractivity contribution is 0.516. The van der Waals surface area contributed by atoms with Crippen molar-refractivity contribution in [2.24, 2.45) is 23.7 Å². The van der Waals surface area contributed by atoms with Crippen LogP contribution in [0.15, 0.2) is 97.1 Å². The van der Waals surface area contributed by atoms with Gasteiger partial charge in [0, 0.05) is 11.8 Å². The van der Waals surface area contributed by atoms with Gasteiger partial charge in [0.1, 0.15) is 0 Å². The van der Waals surface area contributed by atoms with E-state index in [0.29, 0.717) is 0 Å². The summed E-state index contributed by atoms with van der Waals surface area (Å²) in [6.45, 7) is 26.9. The lowest BCUT2D eigenvalue weighted by Crippen LogP contribution is -2.15. The predicted octanol–water partition coefficient (Wildman–Crippen LogP) is 16.2. The van der Waals surface area contributed by atoms with Gasteiger partial charge in [-0.15, -0.1) is 0 Å². The normalized spacial score (nSPS) is 13.4. The van der Waals surface area contributed by atoms with Crippen molar-refractivity contribution in [3.63, 3.8) is 0 Å². The second kappa shape index (κ2) is 25.0. The molecule has 4 aromatic rings. The van der Waals surface area contributed by atoms with E-state index in [-0.39, 0.29) is 11.8 Å². The highest BCUT2D eigenvalue weighted by Crippen LogP contribution is 2.43. The molecule has 0 aliphatic heterocycles. The molecule has 4 aromatic carbocycles. The summed E-state index contributed by atoms with van der Waals surface area (Å²) in [7, 11) is 0. The molecular formula is C52H78. The highest BCUT2D eigenvalue weighted by molar-refractivity contribution is 5.46. The molecule has 0 heterocycles. The summed E-state index contributed by atoms with van der Waals surface area (Å²) in [5, 5.41) is 0. The van der Waals surface area contributed by atoms with Gasteiger partial charge in [0.15, 0.2) is 0 Å². The largest absolute Gasteiger partial charge is 0.0651 e. The summed E-state index contributed by atoms with van der Waals surface area (Å²) in [5.74, 6) is 4.27. The van der Waals surface area contributed by atoms with Gasteiger partial charge in [0.25, 0.3) is 0 Å². The highest BCUT2D eigenvalue weighted by Gasteiger charge is 2.28. The monoisotopic (exact) mass is 703 g/mol. The van der Waals surface area contributed by atoms with Crippen molar-refractivity contribution in [1.82, 2.24) is 0 Å². The maximum Gasteiger partial charge on any atom is 0.0199 e. The molecule has 52 heavy (non-hydrogen) atoms. The third-order valence-corrected chi connectivity index (χ3v) is 11.7. The van der Waals surface area contributed by atoms with Crippen LogP contribution in [0.3, 0.4) is 0 Å². The zero-order valence-corrected chi connectivity index (χ0v) is 35.8. The van der Waals surface area contributed by atoms with Crippen molar-refractivity contribution in [2.45, 2.75) is 159 Å². The van der Waals surface area contributed by atoms with E-state index in [1.54, 1.807) is 0 Å². The average Bonchev–Trinajstić information content (AvgIpc) is 4.03. The molecule has 0 bridgehead atoms. The second-order valence-corrected chi connectivity index (χ2v) is 16.2. The molecule has 0 saturated heterocycles. The Kier molecular flexibility index (Phi) is 21.7. The summed E-state index contributed by atoms with van der Waals surface area (Å²) in [5.41, 5.74) is 10.8. The molecule has 1 aliphatic carbocycles. The summed E-state index contributed by atoms with van der Waals surface area (Å²) < 4.78 is 0. The Morgan fingerprint density at radius 2 is 0.712 bits per heavy atom. The van der Waals surface area contributed by atoms with Crippen molar-refractivity contribution < 1.29 is 0 Å². The average molecular weight is 703 g/mol. The Hall–Kier alpha value is -3.12. The predicted molar refractivity (Wildman–Crippen MR) is 234 cm³/mol. The van der Waals surface area contributed by atoms with Crippen molar-refractivity contribution in [3.8, 4) is 0 Å². The first kappa shape index (κ1) is 45.0. The maximum atomic E-state index is 2.38. The van der Waals surface area contributed by atoms with Crippen LogP contribution in [-0.2, 0) is 6.42 Å². The summed E-state index contributed by atoms with van der Waals surface area (Å²) in [4.78, 5) is 0. The van der Waals surface area contributed by atoms with Crippen LogP contribution in [0.2, 0.25) is 0 Å². The minimum Gasteiger partial charge on any atom is -0.0651 e. The van der Waals surface area contributed by atoms with Crippen LogP contribution in [0.25, 0.3) is 0 Å². The molecule has 0 N–H and O–H groups in total. The zero-order chi connectivity index (χ0) is 38.5. The first-order valence-corrected chi connectivity index (χ1v) is 21.3. The quantitative estimate of drug-likeness (QED) is 0.123. The van der Waals surface area contributed by atoms with Crippen molar-refractivity contribution in [1.29, 1.82) is 0 Å². The van der Waals surface area contributed by atoms with Gasteiger partial charge in [-0.2, -0.15) is 0 Å². The molecule has 1 aliphatic rings. The fourth-order valence-electron chi connectivity index (χ4n) is 6.09. The minimum atomic E-state index is 0.240. The standard InChI is InChI=1S/C35H40.2C6H14.C5H10/c1-6-25(2)7-14-29-15-23-33(24-16-29)35(32-21-12-28(5)13-22-32)34(30-17-8-26(3)9-18-30)31-19-10-27(4)11-20-31;2*1-4-6(3)5-2;1-2-5-3-4-5/h8-13,15-25,34-35H,6-7,14H2,1-5H3;2*6H,4-5H2,1-3H3;5H,2-4H2,1H3. The van der Waals surface area contributed by atoms with Crippen LogP contribution < -0.4 is 0 Å². The van der Waals surface area contributed by atoms with Crippen LogP contribution in [0.5, 0.6) is 0 Å². The van der Waals surface area contributed by atoms with Crippen LogP contribution in [0.1, 0.15) is 176 Å². The van der Waals surface area contributed by atoms with E-state index < -0.39 is 0 Å². The van der Waals surface area contributed by atoms with Gasteiger partial charge in [0.2, 0.25) is 0 Å². The van der Waals surface area contributed by atoms with Gasteiger partial charge in [-0.3, -0.25) is 0 Å². The molecule has 0 aromatic heterocycles. The van der Waals surface area contributed by atoms with Crippen molar-refractivity contribution in [2.75, 3.05) is 0 Å². The minimum absolute atomic E-state index is 0.240. The van der Waals surface area contributed by atoms with Gasteiger partial charge in [-0.1, -0.05) is 227 Å². The second-order valence-electron chi connectivity index (χ2n) is 16.2. The Morgan fingerprint density at radius 1 is 0.423 bits per heavy atom. The van der Waals surface area contributed by atoms with Crippen molar-refractivity contribution >= 4 is 0 Å². The van der Waals surface area contributed by atoms with Gasteiger partial charge >= 0.3 is 0 Å². The molecule has 0 heteroatoms. The van der Waals surface area contributed by atoms with Gasteiger partial charge in [-0.05, 0) is 85.1 Å². The van der Waals surface area contributed by atoms with E-state index in [1.807, 2.05) is 0 Å². The number of hydrogen-bond donors (Lipinski definition) is 0. The Bertz CT molecular complexity index is 1370. The summed E-state index contributed by atoms with van der Waals surface area (Å²) >= 11 is 0. The molecule has 2 unspecified atom stereocenters. The van der Waals surface area contributed by atoms with Crippen molar-refractivity contribution in [3.05, 3.63) is 142 Å². The molecule has 0 nitrogen and oxygen atoms in total. The third kappa shape index (κ3) is 16.7. The first-order valence-electron chi connectivity index (χ1n) is 21.3. The molecule has 2 atom stereocenters. The Labute approximate surface area is 323 Å². The molecule has 0 radical (unpaired) electrons. The van der Waals surface area contributed by atoms with E-state index in [0.717, 1.165) is 30.1 Å². The lowest BCUT2D eigenvalue weighted by Gasteiger charge is -2.30. The SMILES string of the molecule is CCC(C)CC.CCC(C)CC.CCC(C)CCc1ccc(C(c2ccc(C)cc2)C(c2ccc(C)cc2)c2ccc(C)cc2)cc1.CCC1CC1. The molecule has 0 amide bonds. The molecule has 1 fully saturated rings. The fourth-order valence-corrected chi connectivity index (χ4v) is 6.09. The number of hydrogen-bond acceptors (Lipinski definition) is 0. The summed E-state index contributed by atoms with van der Waals surface area (Å²) in [6, 6.07) is 36.9. The van der Waals surface area contributed by atoms with E-state index in [2.05, 4.69) is 180 Å². The van der Waals surface area contributed by atoms with Gasteiger partial charge in [0.05, 0.1) is 0 Å². The van der Waals surface area contributed by atoms with E-state index in [1.165, 1.54) is 102 Å². The zero-order valence-electron chi connectivity index (χ0n) is 35.8. The van der Waals surface area contributed by atoms with Gasteiger partial charge < -0.3 is 0 Å². The third-order valence-electron chi connectivity index (χ3n) is 11.7. The lowest BCUT2D eigenvalue weighted by atomic mass is 9.73. The topological polar surface area (TPSA) is 0 Å². The van der Waals surface area contributed by atoms with Crippen LogP contribution in [-0.4, -0.2) is 0 Å². The molecule has 5 rings (SSSR count). The summed E-state index contributed by atoms with van der Waals surface area (Å²) in [6.07, 6.45) is 13.4. The smallest absolute Gasteiger partial charge is 0.0199 e. The number of rotatable bonds is 14. The molecular weight excluding hydrogens is 625 g/mol.